The van der Waals surface area contributed by atoms with E-state index in [2.05, 4.69) is 47.5 Å². The van der Waals surface area contributed by atoms with Crippen molar-refractivity contribution >= 4 is 5.91 Å². The van der Waals surface area contributed by atoms with Crippen molar-refractivity contribution in [3.8, 4) is 0 Å². The third-order valence-electron chi connectivity index (χ3n) is 9.46. The van der Waals surface area contributed by atoms with Crippen molar-refractivity contribution in [3.05, 3.63) is 35.9 Å². The lowest BCUT2D eigenvalue weighted by molar-refractivity contribution is -0.430. The summed E-state index contributed by atoms with van der Waals surface area (Å²) in [5.41, 5.74) is 2.17. The zero-order valence-corrected chi connectivity index (χ0v) is 16.5. The van der Waals surface area contributed by atoms with Gasteiger partial charge >= 0.3 is 0 Å². The molecule has 0 radical (unpaired) electrons. The Morgan fingerprint density at radius 1 is 1.15 bits per heavy atom. The van der Waals surface area contributed by atoms with Gasteiger partial charge in [-0.25, -0.2) is 0 Å². The molecule has 4 aliphatic carbocycles. The largest absolute Gasteiger partial charge is 0.353 e. The highest BCUT2D eigenvalue weighted by atomic mass is 16.2. The van der Waals surface area contributed by atoms with Gasteiger partial charge in [-0.2, -0.15) is 0 Å². The summed E-state index contributed by atoms with van der Waals surface area (Å²) in [7, 11) is 0. The van der Waals surface area contributed by atoms with E-state index in [1.165, 1.54) is 37.8 Å². The van der Waals surface area contributed by atoms with Gasteiger partial charge in [-0.3, -0.25) is 4.79 Å². The fraction of sp³-hybridized carbons (Fsp3) is 0.708. The molecule has 27 heavy (non-hydrogen) atoms. The molecule has 144 valence electrons. The van der Waals surface area contributed by atoms with E-state index >= 15 is 0 Å². The Bertz CT molecular complexity index is 764. The molecule has 5 unspecified atom stereocenters. The minimum atomic E-state index is -0.0186. The minimum Gasteiger partial charge on any atom is -0.353 e. The molecule has 6 rings (SSSR count). The van der Waals surface area contributed by atoms with E-state index in [1.807, 2.05) is 0 Å². The van der Waals surface area contributed by atoms with Gasteiger partial charge in [-0.15, -0.1) is 0 Å². The maximum absolute atomic E-state index is 13.5. The number of benzene rings is 1. The first-order valence-electron chi connectivity index (χ1n) is 11.3. The van der Waals surface area contributed by atoms with E-state index in [0.29, 0.717) is 22.8 Å². The smallest absolute Gasteiger partial charge is 0.227 e. The van der Waals surface area contributed by atoms with E-state index in [0.717, 1.165) is 44.2 Å². The molecule has 4 saturated carbocycles. The molecule has 1 aliphatic heterocycles. The average Bonchev–Trinajstić information content (AvgIpc) is 2.62. The summed E-state index contributed by atoms with van der Waals surface area (Å²) in [5, 5.41) is 3.53. The minimum absolute atomic E-state index is 0.0186. The Kier molecular flexibility index (Phi) is 3.30. The fourth-order valence-corrected chi connectivity index (χ4v) is 8.68. The lowest BCUT2D eigenvalue weighted by Crippen LogP contribution is -2.94. The highest BCUT2D eigenvalue weighted by Gasteiger charge is 2.95. The van der Waals surface area contributed by atoms with E-state index in [4.69, 9.17) is 0 Å². The van der Waals surface area contributed by atoms with Crippen LogP contribution in [0.2, 0.25) is 0 Å². The summed E-state index contributed by atoms with van der Waals surface area (Å²) >= 11 is 0. The van der Waals surface area contributed by atoms with Crippen LogP contribution in [0.15, 0.2) is 30.3 Å². The first kappa shape index (κ1) is 16.6. The fourth-order valence-electron chi connectivity index (χ4n) is 8.68. The van der Waals surface area contributed by atoms with Gasteiger partial charge in [0, 0.05) is 30.0 Å². The number of piperidine rings is 1. The molecule has 1 aromatic rings. The van der Waals surface area contributed by atoms with Gasteiger partial charge in [0.25, 0.3) is 0 Å². The second kappa shape index (κ2) is 5.37. The van der Waals surface area contributed by atoms with Gasteiger partial charge in [0.15, 0.2) is 0 Å². The number of amides is 1. The molecule has 1 saturated heterocycles. The average molecular weight is 365 g/mol. The highest BCUT2D eigenvalue weighted by molar-refractivity contribution is 5.89. The van der Waals surface area contributed by atoms with Crippen LogP contribution in [0.1, 0.15) is 57.4 Å². The Hall–Kier alpha value is -1.35. The summed E-state index contributed by atoms with van der Waals surface area (Å²) < 4.78 is 0. The number of nitrogens with one attached hydrogen (secondary N) is 1. The third-order valence-corrected chi connectivity index (χ3v) is 9.46. The topological polar surface area (TPSA) is 32.3 Å². The van der Waals surface area contributed by atoms with E-state index in [-0.39, 0.29) is 5.41 Å². The van der Waals surface area contributed by atoms with Crippen LogP contribution in [0.3, 0.4) is 0 Å². The molecule has 0 bridgehead atoms. The molecule has 0 aromatic heterocycles. The van der Waals surface area contributed by atoms with Crippen LogP contribution in [0.4, 0.5) is 0 Å². The second-order valence-electron chi connectivity index (χ2n) is 10.2. The number of rotatable bonds is 5. The molecule has 1 spiro atoms. The van der Waals surface area contributed by atoms with Crippen LogP contribution >= 0.6 is 0 Å². The highest BCUT2D eigenvalue weighted by Crippen LogP contribution is 2.97. The lowest BCUT2D eigenvalue weighted by atomic mass is 9.07. The Morgan fingerprint density at radius 3 is 2.56 bits per heavy atom. The monoisotopic (exact) mass is 364 g/mol. The molecule has 5 fully saturated rings. The predicted molar refractivity (Wildman–Crippen MR) is 106 cm³/mol. The van der Waals surface area contributed by atoms with Crippen LogP contribution < -0.4 is 5.32 Å². The van der Waals surface area contributed by atoms with Gasteiger partial charge in [0.2, 0.25) is 5.91 Å². The van der Waals surface area contributed by atoms with Crippen molar-refractivity contribution in [1.29, 1.82) is 0 Å². The van der Waals surface area contributed by atoms with Crippen LogP contribution in [-0.2, 0) is 10.2 Å². The maximum atomic E-state index is 13.5. The zero-order valence-electron chi connectivity index (χ0n) is 16.5. The number of carbonyl (C=O) groups is 1. The van der Waals surface area contributed by atoms with Crippen molar-refractivity contribution in [2.24, 2.45) is 22.7 Å². The number of nitrogens with zero attached hydrogens (tertiary/aromatic N) is 1. The van der Waals surface area contributed by atoms with Gasteiger partial charge in [0.05, 0.1) is 5.41 Å². The molecule has 5 aliphatic rings. The Labute approximate surface area is 162 Å². The first-order valence-corrected chi connectivity index (χ1v) is 11.3. The molecule has 1 aromatic carbocycles. The van der Waals surface area contributed by atoms with Gasteiger partial charge < -0.3 is 10.2 Å². The summed E-state index contributed by atoms with van der Waals surface area (Å²) in [4.78, 5) is 16.0. The van der Waals surface area contributed by atoms with E-state index in [1.54, 1.807) is 0 Å². The summed E-state index contributed by atoms with van der Waals surface area (Å²) in [6.45, 7) is 5.76. The molecule has 1 amide bonds. The van der Waals surface area contributed by atoms with Crippen molar-refractivity contribution in [3.63, 3.8) is 0 Å². The standard InChI is InChI=1S/C24H32N2O/c1-2-10-26-11-8-20(9-12-26)25-21(27)23-15-19-13-18-14-22(16-23,24(18,19)23)17-6-4-3-5-7-17/h3-7,18-20H,2,8-16H2,1H3,(H,25,27). The van der Waals surface area contributed by atoms with Crippen molar-refractivity contribution in [2.45, 2.75) is 63.3 Å². The Balaban J connectivity index is 1.19. The number of hydrogen-bond acceptors (Lipinski definition) is 2. The molecule has 1 N–H and O–H groups in total. The van der Waals surface area contributed by atoms with Gasteiger partial charge in [0.1, 0.15) is 0 Å². The maximum Gasteiger partial charge on any atom is 0.227 e. The van der Waals surface area contributed by atoms with E-state index in [9.17, 15) is 4.79 Å². The quantitative estimate of drug-likeness (QED) is 0.863. The molecule has 1 heterocycles. The molecule has 3 heteroatoms. The molecular weight excluding hydrogens is 332 g/mol. The van der Waals surface area contributed by atoms with Crippen LogP contribution in [0.25, 0.3) is 0 Å². The summed E-state index contributed by atoms with van der Waals surface area (Å²) in [6.07, 6.45) is 8.48. The van der Waals surface area contributed by atoms with Crippen LogP contribution in [0.5, 0.6) is 0 Å². The zero-order chi connectivity index (χ0) is 18.3. The van der Waals surface area contributed by atoms with Gasteiger partial charge in [-0.05, 0) is 68.9 Å². The van der Waals surface area contributed by atoms with Gasteiger partial charge in [-0.1, -0.05) is 37.3 Å². The van der Waals surface area contributed by atoms with Crippen LogP contribution in [0, 0.1) is 22.7 Å². The lowest BCUT2D eigenvalue weighted by Gasteiger charge is -2.95. The summed E-state index contributed by atoms with van der Waals surface area (Å²) in [6, 6.07) is 11.5. The molecular formula is C24H32N2O. The van der Waals surface area contributed by atoms with Crippen molar-refractivity contribution in [1.82, 2.24) is 10.2 Å². The van der Waals surface area contributed by atoms with Crippen molar-refractivity contribution in [2.75, 3.05) is 19.6 Å². The summed E-state index contributed by atoms with van der Waals surface area (Å²) in [5.74, 6) is 2.06. The van der Waals surface area contributed by atoms with E-state index < -0.39 is 0 Å². The SMILES string of the molecule is CCCN1CCC(NC(=O)C23CC4CC5CC(c6ccccc6)(C2)C453)CC1. The van der Waals surface area contributed by atoms with Crippen LogP contribution in [-0.4, -0.2) is 36.5 Å². The Morgan fingerprint density at radius 2 is 1.89 bits per heavy atom. The molecule has 3 nitrogen and oxygen atoms in total. The third kappa shape index (κ3) is 1.72. The normalized spacial score (nSPS) is 44.6. The first-order chi connectivity index (χ1) is 13.2. The van der Waals surface area contributed by atoms with Crippen molar-refractivity contribution < 1.29 is 4.79 Å². The number of likely N-dealkylation sites (tertiary alicyclic amines) is 1. The number of carbonyl (C=O) groups excluding carboxylic acids is 1. The number of hydrogen-bond donors (Lipinski definition) is 1. The second-order valence-corrected chi connectivity index (χ2v) is 10.2. The molecule has 5 atom stereocenters. The predicted octanol–water partition coefficient (Wildman–Crippen LogP) is 3.74.